The number of rotatable bonds is 7. The molecule has 0 bridgehead atoms. The Morgan fingerprint density at radius 2 is 1.68 bits per heavy atom. The normalized spacial score (nSPS) is 10.6. The molecule has 1 heterocycles. The van der Waals surface area contributed by atoms with Gasteiger partial charge in [0.15, 0.2) is 5.76 Å². The standard InChI is InChI=1S/C26H23NO3S/c1-18-12-13-20(16-19(18)2)29-17-21-14-15-24(30-21)26(28)27-23-10-6-7-11-25(23)31-22-8-4-3-5-9-22/h3-16H,17H2,1-2H3,(H,27,28). The molecule has 1 N–H and O–H groups in total. The van der Waals surface area contributed by atoms with Crippen LogP contribution in [0.25, 0.3) is 0 Å². The lowest BCUT2D eigenvalue weighted by molar-refractivity contribution is 0.0992. The van der Waals surface area contributed by atoms with Crippen LogP contribution in [0, 0.1) is 13.8 Å². The predicted molar refractivity (Wildman–Crippen MR) is 124 cm³/mol. The molecule has 0 fully saturated rings. The highest BCUT2D eigenvalue weighted by Gasteiger charge is 2.14. The van der Waals surface area contributed by atoms with E-state index in [0.717, 1.165) is 21.2 Å². The van der Waals surface area contributed by atoms with Crippen LogP contribution in [0.3, 0.4) is 0 Å². The van der Waals surface area contributed by atoms with Crippen molar-refractivity contribution in [1.29, 1.82) is 0 Å². The SMILES string of the molecule is Cc1ccc(OCc2ccc(C(=O)Nc3ccccc3Sc3ccccc3)o2)cc1C. The zero-order chi connectivity index (χ0) is 21.6. The van der Waals surface area contributed by atoms with Gasteiger partial charge < -0.3 is 14.5 Å². The number of furan rings is 1. The average molecular weight is 430 g/mol. The van der Waals surface area contributed by atoms with Crippen molar-refractivity contribution >= 4 is 23.4 Å². The van der Waals surface area contributed by atoms with E-state index < -0.39 is 0 Å². The fraction of sp³-hybridized carbons (Fsp3) is 0.115. The van der Waals surface area contributed by atoms with Crippen molar-refractivity contribution in [3.05, 3.63) is 108 Å². The second-order valence-electron chi connectivity index (χ2n) is 7.17. The van der Waals surface area contributed by atoms with Crippen LogP contribution >= 0.6 is 11.8 Å². The molecule has 0 spiro atoms. The van der Waals surface area contributed by atoms with Gasteiger partial charge >= 0.3 is 0 Å². The van der Waals surface area contributed by atoms with Gasteiger partial charge in [-0.15, -0.1) is 0 Å². The lowest BCUT2D eigenvalue weighted by atomic mass is 10.1. The summed E-state index contributed by atoms with van der Waals surface area (Å²) in [6, 6.07) is 27.2. The average Bonchev–Trinajstić information content (AvgIpc) is 3.26. The number of carbonyl (C=O) groups is 1. The predicted octanol–water partition coefficient (Wildman–Crippen LogP) is 6.88. The highest BCUT2D eigenvalue weighted by Crippen LogP contribution is 2.33. The maximum atomic E-state index is 12.7. The zero-order valence-corrected chi connectivity index (χ0v) is 18.2. The quantitative estimate of drug-likeness (QED) is 0.348. The minimum atomic E-state index is -0.293. The third kappa shape index (κ3) is 5.38. The van der Waals surface area contributed by atoms with E-state index >= 15 is 0 Å². The Balaban J connectivity index is 1.41. The van der Waals surface area contributed by atoms with Crippen LogP contribution in [-0.4, -0.2) is 5.91 Å². The molecular formula is C26H23NO3S. The van der Waals surface area contributed by atoms with Crippen LogP contribution in [-0.2, 0) is 6.61 Å². The molecule has 0 aliphatic carbocycles. The van der Waals surface area contributed by atoms with Crippen molar-refractivity contribution in [1.82, 2.24) is 0 Å². The van der Waals surface area contributed by atoms with Crippen molar-refractivity contribution in [3.63, 3.8) is 0 Å². The topological polar surface area (TPSA) is 51.5 Å². The maximum absolute atomic E-state index is 12.7. The summed E-state index contributed by atoms with van der Waals surface area (Å²) in [5.74, 6) is 1.32. The summed E-state index contributed by atoms with van der Waals surface area (Å²) >= 11 is 1.60. The van der Waals surface area contributed by atoms with Crippen LogP contribution in [0.1, 0.15) is 27.4 Å². The highest BCUT2D eigenvalue weighted by atomic mass is 32.2. The van der Waals surface area contributed by atoms with Gasteiger partial charge in [-0.05, 0) is 73.5 Å². The molecule has 1 amide bonds. The third-order valence-corrected chi connectivity index (χ3v) is 5.93. The molecule has 0 radical (unpaired) electrons. The number of hydrogen-bond acceptors (Lipinski definition) is 4. The number of anilines is 1. The van der Waals surface area contributed by atoms with Crippen molar-refractivity contribution in [2.24, 2.45) is 0 Å². The third-order valence-electron chi connectivity index (χ3n) is 4.85. The van der Waals surface area contributed by atoms with Gasteiger partial charge in [0, 0.05) is 9.79 Å². The first-order valence-electron chi connectivity index (χ1n) is 10.0. The largest absolute Gasteiger partial charge is 0.486 e. The molecule has 1 aromatic heterocycles. The molecule has 0 aliphatic heterocycles. The molecule has 0 atom stereocenters. The summed E-state index contributed by atoms with van der Waals surface area (Å²) in [4.78, 5) is 14.8. The van der Waals surface area contributed by atoms with Crippen LogP contribution < -0.4 is 10.1 Å². The van der Waals surface area contributed by atoms with Crippen molar-refractivity contribution in [2.45, 2.75) is 30.2 Å². The van der Waals surface area contributed by atoms with Crippen molar-refractivity contribution < 1.29 is 13.9 Å². The van der Waals surface area contributed by atoms with E-state index in [1.54, 1.807) is 23.9 Å². The minimum Gasteiger partial charge on any atom is -0.486 e. The van der Waals surface area contributed by atoms with Crippen LogP contribution in [0.15, 0.2) is 99.1 Å². The summed E-state index contributed by atoms with van der Waals surface area (Å²) in [6.45, 7) is 4.37. The number of para-hydroxylation sites is 1. The number of carbonyl (C=O) groups excluding carboxylic acids is 1. The van der Waals surface area contributed by atoms with Gasteiger partial charge in [0.25, 0.3) is 5.91 Å². The Labute approximate surface area is 186 Å². The van der Waals surface area contributed by atoms with Crippen molar-refractivity contribution in [3.8, 4) is 5.75 Å². The van der Waals surface area contributed by atoms with E-state index in [4.69, 9.17) is 9.15 Å². The van der Waals surface area contributed by atoms with E-state index in [1.165, 1.54) is 11.1 Å². The first kappa shape index (κ1) is 20.8. The van der Waals surface area contributed by atoms with E-state index in [9.17, 15) is 4.79 Å². The van der Waals surface area contributed by atoms with Gasteiger partial charge in [-0.2, -0.15) is 0 Å². The molecule has 4 nitrogen and oxygen atoms in total. The van der Waals surface area contributed by atoms with Crippen LogP contribution in [0.2, 0.25) is 0 Å². The number of benzene rings is 3. The number of nitrogens with one attached hydrogen (secondary N) is 1. The van der Waals surface area contributed by atoms with Gasteiger partial charge in [0.2, 0.25) is 0 Å². The van der Waals surface area contributed by atoms with Crippen LogP contribution in [0.4, 0.5) is 5.69 Å². The molecule has 5 heteroatoms. The Bertz CT molecular complexity index is 1180. The molecule has 3 aromatic carbocycles. The molecule has 0 unspecified atom stereocenters. The number of ether oxygens (including phenoxy) is 1. The number of amides is 1. The minimum absolute atomic E-state index is 0.248. The lowest BCUT2D eigenvalue weighted by Crippen LogP contribution is -2.11. The van der Waals surface area contributed by atoms with E-state index in [-0.39, 0.29) is 18.3 Å². The summed E-state index contributed by atoms with van der Waals surface area (Å²) < 4.78 is 11.5. The van der Waals surface area contributed by atoms with Crippen molar-refractivity contribution in [2.75, 3.05) is 5.32 Å². The fourth-order valence-electron chi connectivity index (χ4n) is 2.99. The van der Waals surface area contributed by atoms with Gasteiger partial charge in [-0.3, -0.25) is 4.79 Å². The molecule has 4 aromatic rings. The number of hydrogen-bond donors (Lipinski definition) is 1. The van der Waals surface area contributed by atoms with Gasteiger partial charge in [-0.25, -0.2) is 0 Å². The van der Waals surface area contributed by atoms with E-state index in [0.29, 0.717) is 5.76 Å². The molecular weight excluding hydrogens is 406 g/mol. The lowest BCUT2D eigenvalue weighted by Gasteiger charge is -2.10. The Hall–Kier alpha value is -3.44. The Morgan fingerprint density at radius 1 is 0.903 bits per heavy atom. The van der Waals surface area contributed by atoms with Gasteiger partial charge in [0.1, 0.15) is 18.1 Å². The molecule has 0 saturated heterocycles. The summed E-state index contributed by atoms with van der Waals surface area (Å²) in [7, 11) is 0. The molecule has 4 rings (SSSR count). The summed E-state index contributed by atoms with van der Waals surface area (Å²) in [5, 5.41) is 2.95. The first-order valence-corrected chi connectivity index (χ1v) is 10.8. The summed E-state index contributed by atoms with van der Waals surface area (Å²) in [5.41, 5.74) is 3.13. The second kappa shape index (κ2) is 9.58. The Morgan fingerprint density at radius 3 is 2.48 bits per heavy atom. The smallest absolute Gasteiger partial charge is 0.291 e. The number of aryl methyl sites for hydroxylation is 2. The second-order valence-corrected chi connectivity index (χ2v) is 8.28. The highest BCUT2D eigenvalue weighted by molar-refractivity contribution is 7.99. The zero-order valence-electron chi connectivity index (χ0n) is 17.4. The first-order chi connectivity index (χ1) is 15.1. The van der Waals surface area contributed by atoms with Crippen LogP contribution in [0.5, 0.6) is 5.75 Å². The van der Waals surface area contributed by atoms with E-state index in [2.05, 4.69) is 12.2 Å². The monoisotopic (exact) mass is 429 g/mol. The Kier molecular flexibility index (Phi) is 6.43. The molecule has 156 valence electrons. The molecule has 0 aliphatic rings. The molecule has 0 saturated carbocycles. The van der Waals surface area contributed by atoms with Gasteiger partial charge in [0.05, 0.1) is 5.69 Å². The van der Waals surface area contributed by atoms with E-state index in [1.807, 2.05) is 79.7 Å². The van der Waals surface area contributed by atoms with Gasteiger partial charge in [-0.1, -0.05) is 48.2 Å². The maximum Gasteiger partial charge on any atom is 0.291 e. The molecule has 31 heavy (non-hydrogen) atoms. The summed E-state index contributed by atoms with van der Waals surface area (Å²) in [6.07, 6.45) is 0. The fourth-order valence-corrected chi connectivity index (χ4v) is 3.92.